The van der Waals surface area contributed by atoms with E-state index in [0.29, 0.717) is 54.3 Å². The van der Waals surface area contributed by atoms with Crippen molar-refractivity contribution in [3.8, 4) is 11.5 Å². The molecule has 1 unspecified atom stereocenters. The summed E-state index contributed by atoms with van der Waals surface area (Å²) in [5.41, 5.74) is 1.65. The zero-order chi connectivity index (χ0) is 26.0. The van der Waals surface area contributed by atoms with E-state index < -0.39 is 12.0 Å². The van der Waals surface area contributed by atoms with Crippen LogP contribution in [-0.4, -0.2) is 31.4 Å². The number of aromatic nitrogens is 1. The number of rotatable bonds is 7. The lowest BCUT2D eigenvalue weighted by atomic mass is 9.95. The Labute approximate surface area is 221 Å². The number of hydrogen-bond donors (Lipinski definition) is 0. The molecule has 0 bridgehead atoms. The normalized spacial score (nSPS) is 15.2. The Hall–Kier alpha value is -3.33. The van der Waals surface area contributed by atoms with Gasteiger partial charge in [0.2, 0.25) is 0 Å². The smallest absolute Gasteiger partial charge is 0.338 e. The molecule has 0 saturated heterocycles. The molecule has 0 saturated carbocycles. The number of allylic oxidation sites excluding steroid dienone is 1. The monoisotopic (exact) mass is 544 g/mol. The second-order valence-electron chi connectivity index (χ2n) is 7.75. The summed E-state index contributed by atoms with van der Waals surface area (Å²) >= 11 is 13.5. The van der Waals surface area contributed by atoms with Crippen molar-refractivity contribution in [2.75, 3.05) is 20.8 Å². The molecule has 2 aromatic carbocycles. The van der Waals surface area contributed by atoms with Gasteiger partial charge in [-0.05, 0) is 48.4 Å². The highest BCUT2D eigenvalue weighted by Gasteiger charge is 2.33. The Kier molecular flexibility index (Phi) is 7.68. The zero-order valence-electron chi connectivity index (χ0n) is 19.7. The Bertz CT molecular complexity index is 1570. The van der Waals surface area contributed by atoms with Gasteiger partial charge in [-0.15, -0.1) is 0 Å². The van der Waals surface area contributed by atoms with E-state index in [4.69, 9.17) is 37.4 Å². The van der Waals surface area contributed by atoms with Crippen molar-refractivity contribution in [1.29, 1.82) is 0 Å². The molecule has 1 aromatic heterocycles. The van der Waals surface area contributed by atoms with E-state index in [1.165, 1.54) is 30.1 Å². The van der Waals surface area contributed by atoms with Crippen LogP contribution in [0.5, 0.6) is 11.5 Å². The molecule has 1 aliphatic heterocycles. The van der Waals surface area contributed by atoms with Gasteiger partial charge in [0.25, 0.3) is 5.56 Å². The van der Waals surface area contributed by atoms with Crippen molar-refractivity contribution in [3.05, 3.63) is 101 Å². The number of esters is 1. The summed E-state index contributed by atoms with van der Waals surface area (Å²) < 4.78 is 18.1. The zero-order valence-corrected chi connectivity index (χ0v) is 22.0. The van der Waals surface area contributed by atoms with Gasteiger partial charge in [-0.2, -0.15) is 0 Å². The number of ether oxygens (including phenoxy) is 3. The maximum absolute atomic E-state index is 13.7. The molecular formula is C26H22Cl2N2O5S. The summed E-state index contributed by atoms with van der Waals surface area (Å²) in [5.74, 6) is 0.372. The Morgan fingerprint density at radius 3 is 2.64 bits per heavy atom. The van der Waals surface area contributed by atoms with Gasteiger partial charge in [0.15, 0.2) is 16.3 Å². The van der Waals surface area contributed by atoms with Gasteiger partial charge in [0.05, 0.1) is 36.1 Å². The third-order valence-electron chi connectivity index (χ3n) is 5.54. The van der Waals surface area contributed by atoms with Crippen molar-refractivity contribution in [3.63, 3.8) is 0 Å². The molecule has 10 heteroatoms. The predicted octanol–water partition coefficient (Wildman–Crippen LogP) is 4.29. The van der Waals surface area contributed by atoms with E-state index in [1.54, 1.807) is 55.5 Å². The highest BCUT2D eigenvalue weighted by Crippen LogP contribution is 2.36. The fourth-order valence-electron chi connectivity index (χ4n) is 3.89. The van der Waals surface area contributed by atoms with Crippen molar-refractivity contribution < 1.29 is 19.0 Å². The minimum Gasteiger partial charge on any atom is -0.493 e. The summed E-state index contributed by atoms with van der Waals surface area (Å²) in [6, 6.07) is 9.48. The number of methoxy groups -OCH3 is 2. The van der Waals surface area contributed by atoms with Crippen LogP contribution in [0.1, 0.15) is 24.1 Å². The number of halogens is 2. The quantitative estimate of drug-likeness (QED) is 0.327. The first-order chi connectivity index (χ1) is 17.3. The van der Waals surface area contributed by atoms with Gasteiger partial charge in [-0.3, -0.25) is 9.36 Å². The van der Waals surface area contributed by atoms with Crippen molar-refractivity contribution in [2.24, 2.45) is 4.99 Å². The molecule has 4 rings (SSSR count). The first kappa shape index (κ1) is 25.8. The van der Waals surface area contributed by atoms with E-state index in [0.717, 1.165) is 0 Å². The molecule has 0 amide bonds. The van der Waals surface area contributed by atoms with Crippen molar-refractivity contribution in [1.82, 2.24) is 4.57 Å². The minimum absolute atomic E-state index is 0.253. The van der Waals surface area contributed by atoms with Crippen LogP contribution in [0.4, 0.5) is 0 Å². The third-order valence-corrected chi connectivity index (χ3v) is 7.08. The summed E-state index contributed by atoms with van der Waals surface area (Å²) in [6.45, 7) is 5.67. The molecule has 2 heterocycles. The maximum atomic E-state index is 13.7. The Morgan fingerprint density at radius 2 is 1.97 bits per heavy atom. The molecule has 7 nitrogen and oxygen atoms in total. The number of hydrogen-bond acceptors (Lipinski definition) is 7. The lowest BCUT2D eigenvalue weighted by Crippen LogP contribution is -2.39. The molecule has 0 aliphatic carbocycles. The minimum atomic E-state index is -0.793. The molecule has 1 aliphatic rings. The second-order valence-corrected chi connectivity index (χ2v) is 9.60. The van der Waals surface area contributed by atoms with Crippen LogP contribution in [-0.2, 0) is 9.53 Å². The molecule has 0 N–H and O–H groups in total. The van der Waals surface area contributed by atoms with Gasteiger partial charge in [-0.25, -0.2) is 9.79 Å². The number of carbonyl (C=O) groups is 1. The van der Waals surface area contributed by atoms with Crippen LogP contribution in [0.15, 0.2) is 70.1 Å². The molecule has 1 atom stereocenters. The Morgan fingerprint density at radius 1 is 1.19 bits per heavy atom. The summed E-state index contributed by atoms with van der Waals surface area (Å²) in [6.07, 6.45) is 3.31. The summed E-state index contributed by atoms with van der Waals surface area (Å²) in [4.78, 5) is 31.5. The van der Waals surface area contributed by atoms with Gasteiger partial charge in [0.1, 0.15) is 6.61 Å². The Balaban J connectivity index is 1.95. The number of carbonyl (C=O) groups excluding carboxylic acids is 1. The number of fused-ring (bicyclic) bond motifs is 1. The highest BCUT2D eigenvalue weighted by molar-refractivity contribution is 7.07. The number of benzene rings is 2. The number of nitrogens with zero attached hydrogens (tertiary/aromatic N) is 2. The predicted molar refractivity (Wildman–Crippen MR) is 141 cm³/mol. The van der Waals surface area contributed by atoms with Gasteiger partial charge < -0.3 is 14.2 Å². The van der Waals surface area contributed by atoms with Gasteiger partial charge >= 0.3 is 5.97 Å². The van der Waals surface area contributed by atoms with Crippen LogP contribution in [0.2, 0.25) is 10.0 Å². The van der Waals surface area contributed by atoms with Crippen molar-refractivity contribution >= 4 is 46.6 Å². The SMILES string of the molecule is C=CCOc1ccc(C2C(C(=O)OC)=C(C)N=c3sc(=Cc4ccc(Cl)cc4Cl)c(=O)n32)cc1OC. The first-order valence-electron chi connectivity index (χ1n) is 10.8. The molecular weight excluding hydrogens is 523 g/mol. The highest BCUT2D eigenvalue weighted by atomic mass is 35.5. The van der Waals surface area contributed by atoms with Crippen LogP contribution in [0.3, 0.4) is 0 Å². The summed E-state index contributed by atoms with van der Waals surface area (Å²) in [7, 11) is 2.81. The molecule has 0 fully saturated rings. The van der Waals surface area contributed by atoms with E-state index in [1.807, 2.05) is 0 Å². The number of thiazole rings is 1. The second kappa shape index (κ2) is 10.7. The largest absolute Gasteiger partial charge is 0.493 e. The van der Waals surface area contributed by atoms with Crippen LogP contribution >= 0.6 is 34.5 Å². The molecule has 186 valence electrons. The fourth-order valence-corrected chi connectivity index (χ4v) is 5.39. The molecule has 0 spiro atoms. The average molecular weight is 545 g/mol. The summed E-state index contributed by atoms with van der Waals surface area (Å²) in [5, 5.41) is 0.905. The van der Waals surface area contributed by atoms with E-state index in [2.05, 4.69) is 11.6 Å². The lowest BCUT2D eigenvalue weighted by molar-refractivity contribution is -0.136. The first-order valence-corrected chi connectivity index (χ1v) is 12.3. The van der Waals surface area contributed by atoms with Crippen LogP contribution in [0.25, 0.3) is 6.08 Å². The van der Waals surface area contributed by atoms with Crippen LogP contribution < -0.4 is 24.4 Å². The van der Waals surface area contributed by atoms with E-state index in [-0.39, 0.29) is 11.1 Å². The fraction of sp³-hybridized carbons (Fsp3) is 0.192. The lowest BCUT2D eigenvalue weighted by Gasteiger charge is -2.25. The standard InChI is InChI=1S/C26H22Cl2N2O5S/c1-5-10-35-19-9-7-16(11-20(19)33-3)23-22(25(32)34-4)14(2)29-26-30(23)24(31)21(36-26)12-15-6-8-17(27)13-18(15)28/h5-9,11-13,23H,1,10H2,2-4H3. The van der Waals surface area contributed by atoms with Crippen LogP contribution in [0, 0.1) is 0 Å². The van der Waals surface area contributed by atoms with Crippen molar-refractivity contribution in [2.45, 2.75) is 13.0 Å². The maximum Gasteiger partial charge on any atom is 0.338 e. The third kappa shape index (κ3) is 4.84. The van der Waals surface area contributed by atoms with E-state index in [9.17, 15) is 9.59 Å². The van der Waals surface area contributed by atoms with Gasteiger partial charge in [-0.1, -0.05) is 59.3 Å². The van der Waals surface area contributed by atoms with Gasteiger partial charge in [0, 0.05) is 10.0 Å². The molecule has 3 aromatic rings. The average Bonchev–Trinajstić information content (AvgIpc) is 3.17. The molecule has 36 heavy (non-hydrogen) atoms. The van der Waals surface area contributed by atoms with E-state index >= 15 is 0 Å². The molecule has 0 radical (unpaired) electrons. The topological polar surface area (TPSA) is 79.1 Å².